The molecule has 2 rings (SSSR count). The molecule has 9 heteroatoms. The molecule has 2 N–H and O–H groups in total. The van der Waals surface area contributed by atoms with Gasteiger partial charge < -0.3 is 5.32 Å². The average molecular weight is 305 g/mol. The number of tetrazole rings is 1. The highest BCUT2D eigenvalue weighted by Crippen LogP contribution is 1.98. The summed E-state index contributed by atoms with van der Waals surface area (Å²) in [6, 6.07) is 1.82. The van der Waals surface area contributed by atoms with Gasteiger partial charge in [-0.05, 0) is 26.3 Å². The number of hydrogen-bond donors (Lipinski definition) is 2. The molecular weight excluding hydrogens is 286 g/mol. The lowest BCUT2D eigenvalue weighted by Gasteiger charge is -2.09. The summed E-state index contributed by atoms with van der Waals surface area (Å²) in [5, 5.41) is 16.3. The first kappa shape index (κ1) is 15.8. The van der Waals surface area contributed by atoms with E-state index in [1.807, 2.05) is 13.0 Å². The van der Waals surface area contributed by atoms with E-state index in [0.717, 1.165) is 12.1 Å². The second-order valence-corrected chi connectivity index (χ2v) is 5.00. The first-order valence-electron chi connectivity index (χ1n) is 7.10. The third kappa shape index (κ3) is 4.47. The standard InChI is InChI=1S/C13H19N7O2/c1-9-8-10(2)20(13(22)15-9)7-5-12(21)14-6-3-4-11-16-18-19-17-11/h8H,3-7H2,1-2H3,(H,14,21)(H,16,17,18,19). The normalized spacial score (nSPS) is 10.6. The molecule has 2 heterocycles. The van der Waals surface area contributed by atoms with Crippen molar-refractivity contribution in [3.05, 3.63) is 33.8 Å². The predicted octanol–water partition coefficient (Wildman–Crippen LogP) is -0.488. The Bertz CT molecular complexity index is 678. The fourth-order valence-corrected chi connectivity index (χ4v) is 2.11. The van der Waals surface area contributed by atoms with Crippen LogP contribution in [0.4, 0.5) is 0 Å². The molecule has 0 spiro atoms. The lowest BCUT2D eigenvalue weighted by Crippen LogP contribution is -2.30. The first-order chi connectivity index (χ1) is 10.6. The summed E-state index contributed by atoms with van der Waals surface area (Å²) in [6.07, 6.45) is 1.63. The number of aromatic amines is 1. The van der Waals surface area contributed by atoms with Gasteiger partial charge in [0.15, 0.2) is 5.82 Å². The van der Waals surface area contributed by atoms with E-state index in [2.05, 4.69) is 30.9 Å². The molecule has 2 aromatic rings. The van der Waals surface area contributed by atoms with Gasteiger partial charge in [0.25, 0.3) is 0 Å². The molecule has 9 nitrogen and oxygen atoms in total. The summed E-state index contributed by atoms with van der Waals surface area (Å²) >= 11 is 0. The van der Waals surface area contributed by atoms with Crippen LogP contribution in [0.1, 0.15) is 30.1 Å². The summed E-state index contributed by atoms with van der Waals surface area (Å²) in [7, 11) is 0. The van der Waals surface area contributed by atoms with Gasteiger partial charge >= 0.3 is 5.69 Å². The number of carbonyl (C=O) groups excluding carboxylic acids is 1. The van der Waals surface area contributed by atoms with Crippen molar-refractivity contribution in [1.29, 1.82) is 0 Å². The van der Waals surface area contributed by atoms with Gasteiger partial charge in [0.05, 0.1) is 0 Å². The predicted molar refractivity (Wildman–Crippen MR) is 78.1 cm³/mol. The molecule has 1 amide bonds. The molecule has 0 atom stereocenters. The van der Waals surface area contributed by atoms with E-state index in [1.165, 1.54) is 4.57 Å². The van der Waals surface area contributed by atoms with Gasteiger partial charge in [-0.25, -0.2) is 4.79 Å². The van der Waals surface area contributed by atoms with E-state index in [9.17, 15) is 9.59 Å². The molecule has 2 aromatic heterocycles. The largest absolute Gasteiger partial charge is 0.356 e. The van der Waals surface area contributed by atoms with E-state index < -0.39 is 0 Å². The zero-order valence-electron chi connectivity index (χ0n) is 12.7. The van der Waals surface area contributed by atoms with Gasteiger partial charge in [-0.1, -0.05) is 5.21 Å². The quantitative estimate of drug-likeness (QED) is 0.666. The monoisotopic (exact) mass is 305 g/mol. The van der Waals surface area contributed by atoms with Crippen LogP contribution < -0.4 is 11.0 Å². The van der Waals surface area contributed by atoms with E-state index in [0.29, 0.717) is 31.0 Å². The van der Waals surface area contributed by atoms with E-state index in [4.69, 9.17) is 0 Å². The van der Waals surface area contributed by atoms with Gasteiger partial charge in [0.2, 0.25) is 5.91 Å². The van der Waals surface area contributed by atoms with Crippen LogP contribution in [-0.4, -0.2) is 42.6 Å². The van der Waals surface area contributed by atoms with Gasteiger partial charge in [-0.15, -0.1) is 10.2 Å². The fraction of sp³-hybridized carbons (Fsp3) is 0.538. The first-order valence-corrected chi connectivity index (χ1v) is 7.10. The number of carbonyl (C=O) groups is 1. The molecule has 0 unspecified atom stereocenters. The Hall–Kier alpha value is -2.58. The van der Waals surface area contributed by atoms with Crippen LogP contribution in [0.25, 0.3) is 0 Å². The Kier molecular flexibility index (Phi) is 5.34. The van der Waals surface area contributed by atoms with Crippen molar-refractivity contribution in [1.82, 2.24) is 35.5 Å². The number of H-pyrrole nitrogens is 1. The van der Waals surface area contributed by atoms with Crippen LogP contribution in [0, 0.1) is 13.8 Å². The highest BCUT2D eigenvalue weighted by Gasteiger charge is 2.06. The molecule has 0 aliphatic rings. The van der Waals surface area contributed by atoms with E-state index in [1.54, 1.807) is 6.92 Å². The van der Waals surface area contributed by atoms with Crippen LogP contribution in [0.15, 0.2) is 10.9 Å². The van der Waals surface area contributed by atoms with Crippen molar-refractivity contribution in [2.45, 2.75) is 39.7 Å². The van der Waals surface area contributed by atoms with Crippen molar-refractivity contribution in [2.24, 2.45) is 0 Å². The number of nitrogens with zero attached hydrogens (tertiary/aromatic N) is 5. The topological polar surface area (TPSA) is 118 Å². The Labute approximate surface area is 127 Å². The minimum absolute atomic E-state index is 0.0972. The van der Waals surface area contributed by atoms with Gasteiger partial charge in [-0.3, -0.25) is 9.36 Å². The average Bonchev–Trinajstić information content (AvgIpc) is 2.95. The summed E-state index contributed by atoms with van der Waals surface area (Å²) in [5.41, 5.74) is 1.18. The zero-order chi connectivity index (χ0) is 15.9. The van der Waals surface area contributed by atoms with Gasteiger partial charge in [-0.2, -0.15) is 10.2 Å². The molecule has 0 saturated carbocycles. The maximum Gasteiger partial charge on any atom is 0.347 e. The lowest BCUT2D eigenvalue weighted by molar-refractivity contribution is -0.121. The molecule has 0 aliphatic heterocycles. The van der Waals surface area contributed by atoms with Crippen molar-refractivity contribution in [3.8, 4) is 0 Å². The van der Waals surface area contributed by atoms with Crippen LogP contribution in [0.2, 0.25) is 0 Å². The second-order valence-electron chi connectivity index (χ2n) is 5.00. The second kappa shape index (κ2) is 7.43. The Morgan fingerprint density at radius 1 is 1.41 bits per heavy atom. The van der Waals surface area contributed by atoms with Gasteiger partial charge in [0, 0.05) is 37.3 Å². The van der Waals surface area contributed by atoms with Crippen LogP contribution in [0.5, 0.6) is 0 Å². The molecule has 0 bridgehead atoms. The Morgan fingerprint density at radius 2 is 2.23 bits per heavy atom. The van der Waals surface area contributed by atoms with Crippen LogP contribution >= 0.6 is 0 Å². The maximum absolute atomic E-state index is 11.8. The Morgan fingerprint density at radius 3 is 2.91 bits per heavy atom. The summed E-state index contributed by atoms with van der Waals surface area (Å²) < 4.78 is 1.51. The number of aromatic nitrogens is 6. The molecular formula is C13H19N7O2. The van der Waals surface area contributed by atoms with Crippen molar-refractivity contribution in [3.63, 3.8) is 0 Å². The van der Waals surface area contributed by atoms with Gasteiger partial charge in [0.1, 0.15) is 0 Å². The van der Waals surface area contributed by atoms with Crippen molar-refractivity contribution < 1.29 is 4.79 Å². The highest BCUT2D eigenvalue weighted by molar-refractivity contribution is 5.75. The maximum atomic E-state index is 11.8. The number of rotatable bonds is 7. The van der Waals surface area contributed by atoms with Crippen molar-refractivity contribution in [2.75, 3.05) is 6.54 Å². The third-order valence-electron chi connectivity index (χ3n) is 3.20. The van der Waals surface area contributed by atoms with Crippen LogP contribution in [0.3, 0.4) is 0 Å². The smallest absolute Gasteiger partial charge is 0.347 e. The Balaban J connectivity index is 1.73. The fourth-order valence-electron chi connectivity index (χ4n) is 2.11. The molecule has 0 saturated heterocycles. The SMILES string of the molecule is Cc1cc(C)n(CCC(=O)NCCCc2nn[nH]n2)c(=O)n1. The minimum Gasteiger partial charge on any atom is -0.356 e. The summed E-state index contributed by atoms with van der Waals surface area (Å²) in [6.45, 7) is 4.47. The zero-order valence-corrected chi connectivity index (χ0v) is 12.7. The summed E-state index contributed by atoms with van der Waals surface area (Å²) in [5.74, 6) is 0.530. The molecule has 22 heavy (non-hydrogen) atoms. The highest BCUT2D eigenvalue weighted by atomic mass is 16.2. The van der Waals surface area contributed by atoms with Crippen molar-refractivity contribution >= 4 is 5.91 Å². The third-order valence-corrected chi connectivity index (χ3v) is 3.20. The van der Waals surface area contributed by atoms with Crippen LogP contribution in [-0.2, 0) is 17.8 Å². The molecule has 0 fully saturated rings. The number of amides is 1. The number of nitrogens with one attached hydrogen (secondary N) is 2. The van der Waals surface area contributed by atoms with E-state index in [-0.39, 0.29) is 18.0 Å². The lowest BCUT2D eigenvalue weighted by atomic mass is 10.3. The molecule has 0 radical (unpaired) electrons. The minimum atomic E-state index is -0.317. The van der Waals surface area contributed by atoms with E-state index >= 15 is 0 Å². The summed E-state index contributed by atoms with van der Waals surface area (Å²) in [4.78, 5) is 27.4. The molecule has 0 aliphatic carbocycles. The number of aryl methyl sites for hydroxylation is 3. The molecule has 0 aromatic carbocycles. The number of hydrogen-bond acceptors (Lipinski definition) is 6. The molecule has 118 valence electrons.